The van der Waals surface area contributed by atoms with Crippen LogP contribution in [0.15, 0.2) is 24.5 Å². The quantitative estimate of drug-likeness (QED) is 0.653. The van der Waals surface area contributed by atoms with E-state index in [1.54, 1.807) is 12.4 Å². The van der Waals surface area contributed by atoms with Gasteiger partial charge in [-0.05, 0) is 25.6 Å². The molecule has 2 atom stereocenters. The molecule has 0 bridgehead atoms. The third-order valence-corrected chi connectivity index (χ3v) is 4.78. The molecule has 2 saturated heterocycles. The van der Waals surface area contributed by atoms with Crippen molar-refractivity contribution in [2.45, 2.75) is 6.42 Å². The first-order valence-electron chi connectivity index (χ1n) is 8.02. The van der Waals surface area contributed by atoms with Gasteiger partial charge >= 0.3 is 0 Å². The fourth-order valence-electron chi connectivity index (χ4n) is 3.66. The van der Waals surface area contributed by atoms with Crippen molar-refractivity contribution in [3.8, 4) is 0 Å². The molecule has 0 unspecified atom stereocenters. The van der Waals surface area contributed by atoms with Crippen LogP contribution in [0.3, 0.4) is 0 Å². The second-order valence-electron chi connectivity index (χ2n) is 6.46. The van der Waals surface area contributed by atoms with Crippen LogP contribution in [0.1, 0.15) is 6.42 Å². The molecule has 22 heavy (non-hydrogen) atoms. The van der Waals surface area contributed by atoms with E-state index in [1.165, 1.54) is 0 Å². The molecule has 3 N–H and O–H groups in total. The smallest absolute Gasteiger partial charge is 0.229 e. The summed E-state index contributed by atoms with van der Waals surface area (Å²) >= 11 is 0. The molecular weight excluding hydrogens is 278 g/mol. The highest BCUT2D eigenvalue weighted by Crippen LogP contribution is 2.38. The Balaban J connectivity index is 1.41. The van der Waals surface area contributed by atoms with E-state index in [0.29, 0.717) is 12.5 Å². The molecule has 2 fully saturated rings. The maximum absolute atomic E-state index is 12.6. The summed E-state index contributed by atoms with van der Waals surface area (Å²) in [6.07, 6.45) is 4.47. The fraction of sp³-hybridized carbons (Fsp3) is 0.625. The number of nitrogens with one attached hydrogen (secondary N) is 3. The van der Waals surface area contributed by atoms with Crippen LogP contribution in [0, 0.1) is 11.3 Å². The topological polar surface area (TPSA) is 69.3 Å². The summed E-state index contributed by atoms with van der Waals surface area (Å²) in [5.41, 5.74) is 0.802. The van der Waals surface area contributed by atoms with E-state index in [4.69, 9.17) is 0 Å². The summed E-state index contributed by atoms with van der Waals surface area (Å²) in [6.45, 7) is 5.19. The van der Waals surface area contributed by atoms with Crippen LogP contribution >= 0.6 is 0 Å². The highest BCUT2D eigenvalue weighted by Gasteiger charge is 2.53. The number of fused-ring (bicyclic) bond motifs is 1. The molecule has 3 heterocycles. The summed E-state index contributed by atoms with van der Waals surface area (Å²) in [6, 6.07) is 3.90. The molecular formula is C16H25N5O. The number of nitrogens with zero attached hydrogens (tertiary/aromatic N) is 2. The Labute approximate surface area is 131 Å². The van der Waals surface area contributed by atoms with Crippen LogP contribution < -0.4 is 16.0 Å². The zero-order chi connectivity index (χ0) is 15.4. The van der Waals surface area contributed by atoms with E-state index in [9.17, 15) is 4.79 Å². The minimum atomic E-state index is -0.217. The SMILES string of the molecule is CN1C[C@H]2CNC[C@@]2(C(=O)NCCCNc2cccnc2)C1. The monoisotopic (exact) mass is 303 g/mol. The zero-order valence-electron chi connectivity index (χ0n) is 13.1. The average Bonchev–Trinajstić information content (AvgIpc) is 3.04. The number of anilines is 1. The summed E-state index contributed by atoms with van der Waals surface area (Å²) in [5, 5.41) is 9.82. The number of likely N-dealkylation sites (tertiary alicyclic amines) is 1. The number of carbonyl (C=O) groups excluding carboxylic acids is 1. The van der Waals surface area contributed by atoms with Gasteiger partial charge in [-0.2, -0.15) is 0 Å². The summed E-state index contributed by atoms with van der Waals surface area (Å²) in [7, 11) is 2.10. The van der Waals surface area contributed by atoms with Crippen LogP contribution in [0.2, 0.25) is 0 Å². The summed E-state index contributed by atoms with van der Waals surface area (Å²) < 4.78 is 0. The molecule has 0 radical (unpaired) electrons. The Morgan fingerprint density at radius 1 is 1.55 bits per heavy atom. The van der Waals surface area contributed by atoms with Crippen molar-refractivity contribution in [2.75, 3.05) is 51.6 Å². The second kappa shape index (κ2) is 6.62. The van der Waals surface area contributed by atoms with E-state index in [0.717, 1.165) is 44.8 Å². The van der Waals surface area contributed by atoms with Crippen LogP contribution in [0.25, 0.3) is 0 Å². The highest BCUT2D eigenvalue weighted by atomic mass is 16.2. The Morgan fingerprint density at radius 2 is 2.45 bits per heavy atom. The normalized spacial score (nSPS) is 27.6. The zero-order valence-corrected chi connectivity index (χ0v) is 13.1. The molecule has 2 aliphatic heterocycles. The number of aromatic nitrogens is 1. The molecule has 0 aliphatic carbocycles. The van der Waals surface area contributed by atoms with Crippen molar-refractivity contribution in [2.24, 2.45) is 11.3 Å². The van der Waals surface area contributed by atoms with Gasteiger partial charge in [-0.15, -0.1) is 0 Å². The highest BCUT2D eigenvalue weighted by molar-refractivity contribution is 5.84. The molecule has 0 spiro atoms. The number of pyridine rings is 1. The van der Waals surface area contributed by atoms with Crippen LogP contribution in [0.5, 0.6) is 0 Å². The molecule has 6 heteroatoms. The average molecular weight is 303 g/mol. The maximum atomic E-state index is 12.6. The molecule has 6 nitrogen and oxygen atoms in total. The van der Waals surface area contributed by atoms with Crippen LogP contribution in [-0.2, 0) is 4.79 Å². The first-order chi connectivity index (χ1) is 10.7. The first kappa shape index (κ1) is 15.2. The van der Waals surface area contributed by atoms with Gasteiger partial charge in [0.1, 0.15) is 0 Å². The third-order valence-electron chi connectivity index (χ3n) is 4.78. The molecule has 2 aliphatic rings. The van der Waals surface area contributed by atoms with Gasteiger partial charge in [-0.3, -0.25) is 9.78 Å². The predicted molar refractivity (Wildman–Crippen MR) is 86.6 cm³/mol. The number of hydrogen-bond donors (Lipinski definition) is 3. The van der Waals surface area contributed by atoms with E-state index >= 15 is 0 Å². The number of hydrogen-bond acceptors (Lipinski definition) is 5. The Hall–Kier alpha value is -1.66. The van der Waals surface area contributed by atoms with Gasteiger partial charge in [-0.25, -0.2) is 0 Å². The molecule has 1 aromatic rings. The summed E-state index contributed by atoms with van der Waals surface area (Å²) in [5.74, 6) is 0.666. The lowest BCUT2D eigenvalue weighted by Gasteiger charge is -2.26. The van der Waals surface area contributed by atoms with Gasteiger partial charge in [0, 0.05) is 57.6 Å². The Kier molecular flexibility index (Phi) is 4.59. The van der Waals surface area contributed by atoms with Crippen molar-refractivity contribution in [1.82, 2.24) is 20.5 Å². The van der Waals surface area contributed by atoms with E-state index in [-0.39, 0.29) is 11.3 Å². The Morgan fingerprint density at radius 3 is 3.27 bits per heavy atom. The minimum Gasteiger partial charge on any atom is -0.384 e. The molecule has 0 saturated carbocycles. The Bertz CT molecular complexity index is 509. The van der Waals surface area contributed by atoms with Crippen molar-refractivity contribution in [3.05, 3.63) is 24.5 Å². The molecule has 1 amide bonds. The maximum Gasteiger partial charge on any atom is 0.229 e. The molecule has 0 aromatic carbocycles. The number of amides is 1. The van der Waals surface area contributed by atoms with Gasteiger partial charge in [-0.1, -0.05) is 0 Å². The lowest BCUT2D eigenvalue weighted by atomic mass is 9.80. The fourth-order valence-corrected chi connectivity index (χ4v) is 3.66. The van der Waals surface area contributed by atoms with Crippen LogP contribution in [0.4, 0.5) is 5.69 Å². The number of carbonyl (C=O) groups is 1. The second-order valence-corrected chi connectivity index (χ2v) is 6.46. The largest absolute Gasteiger partial charge is 0.384 e. The van der Waals surface area contributed by atoms with Crippen LogP contribution in [-0.4, -0.2) is 62.1 Å². The van der Waals surface area contributed by atoms with Crippen molar-refractivity contribution < 1.29 is 4.79 Å². The molecule has 120 valence electrons. The lowest BCUT2D eigenvalue weighted by Crippen LogP contribution is -2.47. The van der Waals surface area contributed by atoms with E-state index in [1.807, 2.05) is 12.1 Å². The van der Waals surface area contributed by atoms with Gasteiger partial charge in [0.2, 0.25) is 5.91 Å². The number of rotatable bonds is 6. The lowest BCUT2D eigenvalue weighted by molar-refractivity contribution is -0.130. The van der Waals surface area contributed by atoms with Crippen molar-refractivity contribution in [3.63, 3.8) is 0 Å². The van der Waals surface area contributed by atoms with Crippen molar-refractivity contribution in [1.29, 1.82) is 0 Å². The minimum absolute atomic E-state index is 0.216. The van der Waals surface area contributed by atoms with Gasteiger partial charge in [0.05, 0.1) is 11.1 Å². The molecule has 3 rings (SSSR count). The van der Waals surface area contributed by atoms with Gasteiger partial charge in [0.15, 0.2) is 0 Å². The van der Waals surface area contributed by atoms with E-state index < -0.39 is 0 Å². The molecule has 1 aromatic heterocycles. The van der Waals surface area contributed by atoms with Crippen molar-refractivity contribution >= 4 is 11.6 Å². The van der Waals surface area contributed by atoms with Gasteiger partial charge in [0.25, 0.3) is 0 Å². The first-order valence-corrected chi connectivity index (χ1v) is 8.02. The van der Waals surface area contributed by atoms with E-state index in [2.05, 4.69) is 32.9 Å². The van der Waals surface area contributed by atoms with Gasteiger partial charge < -0.3 is 20.9 Å². The third kappa shape index (κ3) is 3.08. The summed E-state index contributed by atoms with van der Waals surface area (Å²) in [4.78, 5) is 19.0. The predicted octanol–water partition coefficient (Wildman–Crippen LogP) is 0.151. The standard InChI is InChI=1S/C16H25N5O/c1-21-10-13-8-18-11-16(13,12-21)15(22)20-7-3-6-19-14-4-2-5-17-9-14/h2,4-5,9,13,18-19H,3,6-8,10-12H2,1H3,(H,20,22)/t13-,16-/m1/s1.